The van der Waals surface area contributed by atoms with Crippen molar-refractivity contribution in [1.29, 1.82) is 0 Å². The SMILES string of the molecule is O=S(=O)(NN=CC(Br)Br)c1ccccc1. The normalized spacial score (nSPS) is 12.2. The summed E-state index contributed by atoms with van der Waals surface area (Å²) in [5.74, 6) is 0. The number of hydrazone groups is 1. The molecule has 0 bridgehead atoms. The van der Waals surface area contributed by atoms with E-state index in [9.17, 15) is 8.42 Å². The van der Waals surface area contributed by atoms with E-state index in [1.165, 1.54) is 18.3 Å². The molecule has 0 radical (unpaired) electrons. The van der Waals surface area contributed by atoms with E-state index in [2.05, 4.69) is 41.8 Å². The summed E-state index contributed by atoms with van der Waals surface area (Å²) in [6.45, 7) is 0. The highest BCUT2D eigenvalue weighted by Gasteiger charge is 2.10. The molecule has 0 fully saturated rings. The molecule has 0 aliphatic heterocycles. The van der Waals surface area contributed by atoms with Crippen LogP contribution in [-0.2, 0) is 10.0 Å². The number of hydrogen-bond acceptors (Lipinski definition) is 3. The van der Waals surface area contributed by atoms with Crippen LogP contribution >= 0.6 is 31.9 Å². The number of sulfonamides is 1. The summed E-state index contributed by atoms with van der Waals surface area (Å²) < 4.78 is 23.0. The molecule has 82 valence electrons. The fraction of sp³-hybridized carbons (Fsp3) is 0.125. The topological polar surface area (TPSA) is 58.5 Å². The molecule has 0 spiro atoms. The highest BCUT2D eigenvalue weighted by Crippen LogP contribution is 2.07. The predicted molar refractivity (Wildman–Crippen MR) is 66.9 cm³/mol. The van der Waals surface area contributed by atoms with Crippen molar-refractivity contribution in [2.45, 2.75) is 8.63 Å². The predicted octanol–water partition coefficient (Wildman–Crippen LogP) is 2.07. The largest absolute Gasteiger partial charge is 0.276 e. The summed E-state index contributed by atoms with van der Waals surface area (Å²) >= 11 is 6.26. The zero-order valence-electron chi connectivity index (χ0n) is 7.47. The van der Waals surface area contributed by atoms with Crippen molar-refractivity contribution in [1.82, 2.24) is 4.83 Å². The van der Waals surface area contributed by atoms with Crippen LogP contribution < -0.4 is 4.83 Å². The molecule has 0 aliphatic rings. The lowest BCUT2D eigenvalue weighted by molar-refractivity contribution is 0.584. The van der Waals surface area contributed by atoms with Crippen molar-refractivity contribution in [3.8, 4) is 0 Å². The van der Waals surface area contributed by atoms with Crippen molar-refractivity contribution in [2.24, 2.45) is 5.10 Å². The minimum absolute atomic E-state index is 0.163. The Balaban J connectivity index is 2.78. The molecule has 0 atom stereocenters. The molecular formula is C8H8Br2N2O2S. The van der Waals surface area contributed by atoms with Crippen LogP contribution in [0.25, 0.3) is 0 Å². The number of benzene rings is 1. The van der Waals surface area contributed by atoms with Gasteiger partial charge in [-0.3, -0.25) is 0 Å². The van der Waals surface area contributed by atoms with Gasteiger partial charge in [-0.1, -0.05) is 50.1 Å². The standard InChI is InChI=1S/C8H8Br2N2O2S/c9-8(10)6-11-12-15(13,14)7-4-2-1-3-5-7/h1-6,8,12H. The Labute approximate surface area is 105 Å². The van der Waals surface area contributed by atoms with Crippen LogP contribution in [0.15, 0.2) is 40.3 Å². The number of nitrogens with one attached hydrogen (secondary N) is 1. The summed E-state index contributed by atoms with van der Waals surface area (Å²) in [5.41, 5.74) is 0. The van der Waals surface area contributed by atoms with Crippen molar-refractivity contribution >= 4 is 48.1 Å². The molecule has 0 unspecified atom stereocenters. The van der Waals surface area contributed by atoms with E-state index in [-0.39, 0.29) is 8.63 Å². The quantitative estimate of drug-likeness (QED) is 0.510. The Bertz CT molecular complexity index is 431. The average Bonchev–Trinajstić information content (AvgIpc) is 2.18. The van der Waals surface area contributed by atoms with Crippen LogP contribution in [-0.4, -0.2) is 18.4 Å². The third-order valence-corrected chi connectivity index (χ3v) is 3.13. The van der Waals surface area contributed by atoms with Crippen LogP contribution in [0.5, 0.6) is 0 Å². The van der Waals surface area contributed by atoms with Crippen LogP contribution in [0.2, 0.25) is 0 Å². The van der Waals surface area contributed by atoms with Crippen LogP contribution in [0, 0.1) is 0 Å². The van der Waals surface area contributed by atoms with E-state index in [0.717, 1.165) is 0 Å². The maximum Gasteiger partial charge on any atom is 0.276 e. The molecule has 15 heavy (non-hydrogen) atoms. The van der Waals surface area contributed by atoms with Gasteiger partial charge in [-0.2, -0.15) is 13.5 Å². The first kappa shape index (κ1) is 12.7. The molecule has 4 nitrogen and oxygen atoms in total. The molecule has 0 saturated carbocycles. The van der Waals surface area contributed by atoms with Gasteiger partial charge in [-0.25, -0.2) is 4.83 Å². The molecule has 0 aliphatic carbocycles. The molecule has 1 aromatic rings. The fourth-order valence-electron chi connectivity index (χ4n) is 0.809. The van der Waals surface area contributed by atoms with Gasteiger partial charge in [0, 0.05) is 6.21 Å². The van der Waals surface area contributed by atoms with Gasteiger partial charge >= 0.3 is 0 Å². The van der Waals surface area contributed by atoms with E-state index in [1.54, 1.807) is 18.2 Å². The van der Waals surface area contributed by atoms with Crippen LogP contribution in [0.3, 0.4) is 0 Å². The highest BCUT2D eigenvalue weighted by molar-refractivity contribution is 9.25. The minimum Gasteiger partial charge on any atom is -0.200 e. The Morgan fingerprint density at radius 3 is 2.40 bits per heavy atom. The van der Waals surface area contributed by atoms with Gasteiger partial charge in [0.2, 0.25) is 0 Å². The lowest BCUT2D eigenvalue weighted by Gasteiger charge is -2.02. The van der Waals surface area contributed by atoms with Crippen molar-refractivity contribution in [3.05, 3.63) is 30.3 Å². The number of halogens is 2. The van der Waals surface area contributed by atoms with Crippen molar-refractivity contribution in [2.75, 3.05) is 0 Å². The molecule has 7 heteroatoms. The summed E-state index contributed by atoms with van der Waals surface area (Å²) in [6.07, 6.45) is 1.38. The monoisotopic (exact) mass is 354 g/mol. The van der Waals surface area contributed by atoms with Gasteiger partial charge in [0.1, 0.15) is 3.74 Å². The number of alkyl halides is 2. The molecule has 0 heterocycles. The first-order valence-corrected chi connectivity index (χ1v) is 7.22. The van der Waals surface area contributed by atoms with Gasteiger partial charge in [-0.05, 0) is 12.1 Å². The summed E-state index contributed by atoms with van der Waals surface area (Å²) in [7, 11) is -3.55. The van der Waals surface area contributed by atoms with Gasteiger partial charge in [0.25, 0.3) is 10.0 Å². The van der Waals surface area contributed by atoms with E-state index < -0.39 is 10.0 Å². The smallest absolute Gasteiger partial charge is 0.200 e. The highest BCUT2D eigenvalue weighted by atomic mass is 79.9. The third-order valence-electron chi connectivity index (χ3n) is 1.41. The molecule has 1 aromatic carbocycles. The van der Waals surface area contributed by atoms with Crippen LogP contribution in [0.1, 0.15) is 0 Å². The molecule has 1 rings (SSSR count). The first-order chi connectivity index (χ1) is 7.02. The van der Waals surface area contributed by atoms with Gasteiger partial charge in [0.05, 0.1) is 4.90 Å². The number of hydrogen-bond donors (Lipinski definition) is 1. The van der Waals surface area contributed by atoms with E-state index in [0.29, 0.717) is 0 Å². The number of rotatable bonds is 4. The minimum atomic E-state index is -3.55. The Hall–Kier alpha value is -0.400. The zero-order chi connectivity index (χ0) is 11.3. The molecule has 0 saturated heterocycles. The Morgan fingerprint density at radius 1 is 1.27 bits per heavy atom. The Morgan fingerprint density at radius 2 is 1.87 bits per heavy atom. The number of nitrogens with zero attached hydrogens (tertiary/aromatic N) is 1. The fourth-order valence-corrected chi connectivity index (χ4v) is 1.87. The first-order valence-electron chi connectivity index (χ1n) is 3.90. The maximum atomic E-state index is 11.6. The molecule has 0 amide bonds. The summed E-state index contributed by atoms with van der Waals surface area (Å²) in [4.78, 5) is 2.27. The van der Waals surface area contributed by atoms with Gasteiger partial charge < -0.3 is 0 Å². The summed E-state index contributed by atoms with van der Waals surface area (Å²) in [5, 5.41) is 3.56. The second-order valence-corrected chi connectivity index (χ2v) is 7.38. The maximum absolute atomic E-state index is 11.6. The lowest BCUT2D eigenvalue weighted by atomic mass is 10.4. The van der Waals surface area contributed by atoms with Crippen LogP contribution in [0.4, 0.5) is 0 Å². The third kappa shape index (κ3) is 4.31. The average molecular weight is 356 g/mol. The van der Waals surface area contributed by atoms with Gasteiger partial charge in [0.15, 0.2) is 0 Å². The second kappa shape index (κ2) is 5.62. The molecule has 0 aromatic heterocycles. The van der Waals surface area contributed by atoms with E-state index in [1.807, 2.05) is 0 Å². The lowest BCUT2D eigenvalue weighted by Crippen LogP contribution is -2.18. The zero-order valence-corrected chi connectivity index (χ0v) is 11.5. The van der Waals surface area contributed by atoms with E-state index in [4.69, 9.17) is 0 Å². The van der Waals surface area contributed by atoms with Crippen molar-refractivity contribution in [3.63, 3.8) is 0 Å². The van der Waals surface area contributed by atoms with E-state index >= 15 is 0 Å². The van der Waals surface area contributed by atoms with Gasteiger partial charge in [-0.15, -0.1) is 0 Å². The summed E-state index contributed by atoms with van der Waals surface area (Å²) in [6, 6.07) is 8.04. The molecular weight excluding hydrogens is 348 g/mol. The second-order valence-electron chi connectivity index (χ2n) is 2.52. The Kier molecular flexibility index (Phi) is 4.75. The molecule has 1 N–H and O–H groups in total. The van der Waals surface area contributed by atoms with Crippen molar-refractivity contribution < 1.29 is 8.42 Å².